The Morgan fingerprint density at radius 2 is 2.05 bits per heavy atom. The van der Waals surface area contributed by atoms with Crippen molar-refractivity contribution in [2.45, 2.75) is 19.0 Å². The highest BCUT2D eigenvalue weighted by atomic mass is 35.5. The molecule has 0 aromatic heterocycles. The predicted octanol–water partition coefficient (Wildman–Crippen LogP) is 3.12. The molecule has 2 rings (SSSR count). The minimum atomic E-state index is -4.61. The molecule has 1 aromatic rings. The van der Waals surface area contributed by atoms with Gasteiger partial charge in [-0.05, 0) is 30.5 Å². The summed E-state index contributed by atoms with van der Waals surface area (Å²) in [6.07, 6.45) is -4.26. The summed E-state index contributed by atoms with van der Waals surface area (Å²) in [5.41, 5.74) is -1.06. The molecule has 1 aliphatic rings. The third kappa shape index (κ3) is 4.36. The highest BCUT2D eigenvalue weighted by molar-refractivity contribution is 7.91. The second-order valence-electron chi connectivity index (χ2n) is 5.21. The largest absolute Gasteiger partial charge is 0.417 e. The van der Waals surface area contributed by atoms with Gasteiger partial charge in [0, 0.05) is 12.1 Å². The van der Waals surface area contributed by atoms with E-state index < -0.39 is 32.5 Å². The van der Waals surface area contributed by atoms with Gasteiger partial charge in [-0.25, -0.2) is 8.42 Å². The molecule has 0 radical (unpaired) electrons. The normalized spacial score (nSPS) is 20.8. The number of sulfone groups is 1. The smallest absolute Gasteiger partial charge is 0.326 e. The number of hydrogen-bond donors (Lipinski definition) is 1. The van der Waals surface area contributed by atoms with E-state index in [1.807, 2.05) is 0 Å². The van der Waals surface area contributed by atoms with Gasteiger partial charge in [0.2, 0.25) is 5.91 Å². The molecule has 1 N–H and O–H groups in total. The topological polar surface area (TPSA) is 63.2 Å². The molecule has 1 fully saturated rings. The minimum absolute atomic E-state index is 0.0254. The Labute approximate surface area is 130 Å². The number of alkyl halides is 3. The van der Waals surface area contributed by atoms with E-state index in [0.717, 1.165) is 12.1 Å². The van der Waals surface area contributed by atoms with Crippen LogP contribution in [0.1, 0.15) is 18.4 Å². The van der Waals surface area contributed by atoms with Crippen LogP contribution in [-0.2, 0) is 20.8 Å². The van der Waals surface area contributed by atoms with Crippen molar-refractivity contribution in [3.05, 3.63) is 28.8 Å². The summed E-state index contributed by atoms with van der Waals surface area (Å²) in [5, 5.41) is 1.89. The van der Waals surface area contributed by atoms with Gasteiger partial charge in [-0.3, -0.25) is 4.79 Å². The Kier molecular flexibility index (Phi) is 4.72. The van der Waals surface area contributed by atoms with Crippen molar-refractivity contribution in [1.29, 1.82) is 0 Å². The first-order valence-corrected chi connectivity index (χ1v) is 8.64. The van der Waals surface area contributed by atoms with Crippen LogP contribution in [0, 0.1) is 5.92 Å². The first-order valence-electron chi connectivity index (χ1n) is 6.44. The average Bonchev–Trinajstić information content (AvgIpc) is 2.69. The molecule has 0 aliphatic carbocycles. The quantitative estimate of drug-likeness (QED) is 0.906. The SMILES string of the molecule is O=C(C[C@H]1CCS(=O)(=O)C1)Nc1ccc(Cl)c(C(F)(F)F)c1. The van der Waals surface area contributed by atoms with Crippen LogP contribution >= 0.6 is 11.6 Å². The molecule has 4 nitrogen and oxygen atoms in total. The maximum Gasteiger partial charge on any atom is 0.417 e. The number of nitrogens with one attached hydrogen (secondary N) is 1. The van der Waals surface area contributed by atoms with Gasteiger partial charge in [-0.15, -0.1) is 0 Å². The number of anilines is 1. The van der Waals surface area contributed by atoms with Crippen molar-refractivity contribution in [3.8, 4) is 0 Å². The van der Waals surface area contributed by atoms with Gasteiger partial charge in [0.05, 0.1) is 22.1 Å². The lowest BCUT2D eigenvalue weighted by Gasteiger charge is -2.12. The van der Waals surface area contributed by atoms with Gasteiger partial charge in [0.15, 0.2) is 9.84 Å². The Hall–Kier alpha value is -1.28. The summed E-state index contributed by atoms with van der Waals surface area (Å²) in [6, 6.07) is 3.08. The van der Waals surface area contributed by atoms with Crippen LogP contribution in [0.3, 0.4) is 0 Å². The van der Waals surface area contributed by atoms with Gasteiger partial charge in [0.1, 0.15) is 0 Å². The standard InChI is InChI=1S/C13H13ClF3NO3S/c14-11-2-1-9(6-10(11)13(15,16)17)18-12(19)5-8-3-4-22(20,21)7-8/h1-2,6,8H,3-5,7H2,(H,18,19)/t8-/m1/s1. The zero-order chi connectivity index (χ0) is 16.5. The lowest BCUT2D eigenvalue weighted by atomic mass is 10.0. The molecule has 1 amide bonds. The number of amides is 1. The molecule has 122 valence electrons. The second-order valence-corrected chi connectivity index (χ2v) is 7.85. The van der Waals surface area contributed by atoms with E-state index in [-0.39, 0.29) is 29.5 Å². The van der Waals surface area contributed by atoms with E-state index in [1.54, 1.807) is 0 Å². The van der Waals surface area contributed by atoms with Crippen molar-refractivity contribution in [1.82, 2.24) is 0 Å². The molecule has 1 aromatic carbocycles. The van der Waals surface area contributed by atoms with Gasteiger partial charge >= 0.3 is 6.18 Å². The Balaban J connectivity index is 2.03. The number of carbonyl (C=O) groups excluding carboxylic acids is 1. The third-order valence-electron chi connectivity index (χ3n) is 3.36. The summed E-state index contributed by atoms with van der Waals surface area (Å²) < 4.78 is 60.7. The molecule has 9 heteroatoms. The van der Waals surface area contributed by atoms with E-state index in [1.165, 1.54) is 6.07 Å². The third-order valence-corrected chi connectivity index (χ3v) is 5.52. The highest BCUT2D eigenvalue weighted by Crippen LogP contribution is 2.36. The van der Waals surface area contributed by atoms with Crippen LogP contribution in [0.25, 0.3) is 0 Å². The Morgan fingerprint density at radius 3 is 2.59 bits per heavy atom. The van der Waals surface area contributed by atoms with Crippen molar-refractivity contribution >= 4 is 33.0 Å². The summed E-state index contributed by atoms with van der Waals surface area (Å²) in [4.78, 5) is 11.8. The monoisotopic (exact) mass is 355 g/mol. The van der Waals surface area contributed by atoms with Crippen molar-refractivity contribution in [2.24, 2.45) is 5.92 Å². The molecule has 1 saturated heterocycles. The summed E-state index contributed by atoms with van der Waals surface area (Å²) in [7, 11) is -3.09. The molecule has 0 saturated carbocycles. The van der Waals surface area contributed by atoms with E-state index in [2.05, 4.69) is 5.32 Å². The lowest BCUT2D eigenvalue weighted by molar-refractivity contribution is -0.137. The molecule has 1 aliphatic heterocycles. The van der Waals surface area contributed by atoms with Crippen LogP contribution in [0.2, 0.25) is 5.02 Å². The molecule has 0 unspecified atom stereocenters. The maximum atomic E-state index is 12.7. The summed E-state index contributed by atoms with van der Waals surface area (Å²) in [6.45, 7) is 0. The second kappa shape index (κ2) is 6.08. The molecule has 0 spiro atoms. The fraction of sp³-hybridized carbons (Fsp3) is 0.462. The molecular formula is C13H13ClF3NO3S. The first kappa shape index (κ1) is 17.1. The fourth-order valence-corrected chi connectivity index (χ4v) is 4.41. The summed E-state index contributed by atoms with van der Waals surface area (Å²) >= 11 is 5.49. The van der Waals surface area contributed by atoms with E-state index >= 15 is 0 Å². The number of halogens is 4. The van der Waals surface area contributed by atoms with E-state index in [4.69, 9.17) is 11.6 Å². The molecule has 1 atom stereocenters. The van der Waals surface area contributed by atoms with Crippen molar-refractivity contribution in [3.63, 3.8) is 0 Å². The maximum absolute atomic E-state index is 12.7. The Morgan fingerprint density at radius 1 is 1.36 bits per heavy atom. The highest BCUT2D eigenvalue weighted by Gasteiger charge is 2.34. The number of benzene rings is 1. The van der Waals surface area contributed by atoms with E-state index in [9.17, 15) is 26.4 Å². The average molecular weight is 356 g/mol. The number of carbonyl (C=O) groups is 1. The van der Waals surface area contributed by atoms with Crippen LogP contribution in [0.4, 0.5) is 18.9 Å². The molecular weight excluding hydrogens is 343 g/mol. The van der Waals surface area contributed by atoms with Crippen molar-refractivity contribution in [2.75, 3.05) is 16.8 Å². The van der Waals surface area contributed by atoms with E-state index in [0.29, 0.717) is 6.42 Å². The first-order chi connectivity index (χ1) is 10.1. The summed E-state index contributed by atoms with van der Waals surface area (Å²) in [5.74, 6) is -0.823. The van der Waals surface area contributed by atoms with Gasteiger partial charge < -0.3 is 5.32 Å². The molecule has 0 bridgehead atoms. The number of hydrogen-bond acceptors (Lipinski definition) is 3. The zero-order valence-corrected chi connectivity index (χ0v) is 12.9. The minimum Gasteiger partial charge on any atom is -0.326 e. The predicted molar refractivity (Wildman–Crippen MR) is 76.5 cm³/mol. The lowest BCUT2D eigenvalue weighted by Crippen LogP contribution is -2.18. The number of rotatable bonds is 3. The zero-order valence-electron chi connectivity index (χ0n) is 11.3. The molecule has 22 heavy (non-hydrogen) atoms. The van der Waals surface area contributed by atoms with Crippen LogP contribution in [0.5, 0.6) is 0 Å². The molecule has 1 heterocycles. The van der Waals surface area contributed by atoms with Gasteiger partial charge in [-0.1, -0.05) is 11.6 Å². The Bertz CT molecular complexity index is 688. The van der Waals surface area contributed by atoms with Crippen LogP contribution < -0.4 is 5.32 Å². The van der Waals surface area contributed by atoms with Gasteiger partial charge in [0.25, 0.3) is 0 Å². The fourth-order valence-electron chi connectivity index (χ4n) is 2.33. The van der Waals surface area contributed by atoms with Gasteiger partial charge in [-0.2, -0.15) is 13.2 Å². The van der Waals surface area contributed by atoms with Crippen LogP contribution in [-0.4, -0.2) is 25.8 Å². The van der Waals surface area contributed by atoms with Crippen LogP contribution in [0.15, 0.2) is 18.2 Å². The van der Waals surface area contributed by atoms with Crippen molar-refractivity contribution < 1.29 is 26.4 Å².